The highest BCUT2D eigenvalue weighted by Gasteiger charge is 2.07. The first-order chi connectivity index (χ1) is 11.9. The summed E-state index contributed by atoms with van der Waals surface area (Å²) in [6.45, 7) is 6.39. The molecule has 1 aromatic rings. The van der Waals surface area contributed by atoms with Gasteiger partial charge >= 0.3 is 0 Å². The number of aromatic nitrogens is 1. The van der Waals surface area contributed by atoms with E-state index in [1.54, 1.807) is 19.1 Å². The van der Waals surface area contributed by atoms with Crippen LogP contribution in [-0.2, 0) is 20.9 Å². The van der Waals surface area contributed by atoms with E-state index >= 15 is 0 Å². The fraction of sp³-hybridized carbons (Fsp3) is 0.412. The highest BCUT2D eigenvalue weighted by Crippen LogP contribution is 2.06. The van der Waals surface area contributed by atoms with Gasteiger partial charge in [0, 0.05) is 38.0 Å². The maximum Gasteiger partial charge on any atom is 0.246 e. The molecule has 0 aliphatic heterocycles. The molecule has 136 valence electrons. The average molecular weight is 347 g/mol. The number of pyridine rings is 1. The Morgan fingerprint density at radius 3 is 2.40 bits per heavy atom. The zero-order valence-electron chi connectivity index (χ0n) is 14.4. The summed E-state index contributed by atoms with van der Waals surface area (Å²) in [7, 11) is 0. The molecule has 3 amide bonds. The van der Waals surface area contributed by atoms with Crippen LogP contribution in [0.4, 0.5) is 5.69 Å². The first-order valence-electron chi connectivity index (χ1n) is 8.07. The quantitative estimate of drug-likeness (QED) is 0.361. The van der Waals surface area contributed by atoms with Crippen LogP contribution in [0.1, 0.15) is 31.9 Å². The summed E-state index contributed by atoms with van der Waals surface area (Å²) in [5, 5.41) is 8.04. The fourth-order valence-electron chi connectivity index (χ4n) is 1.83. The molecule has 0 radical (unpaired) electrons. The summed E-state index contributed by atoms with van der Waals surface area (Å²) >= 11 is 0. The lowest BCUT2D eigenvalue weighted by atomic mass is 10.2. The third kappa shape index (κ3) is 8.61. The van der Waals surface area contributed by atoms with Crippen LogP contribution in [0.2, 0.25) is 0 Å². The Hall–Kier alpha value is -2.74. The second-order valence-corrected chi connectivity index (χ2v) is 5.53. The number of hydrogen-bond donors (Lipinski definition) is 4. The van der Waals surface area contributed by atoms with Crippen molar-refractivity contribution in [2.45, 2.75) is 32.7 Å². The summed E-state index contributed by atoms with van der Waals surface area (Å²) in [6.07, 6.45) is 2.31. The molecule has 0 fully saturated rings. The summed E-state index contributed by atoms with van der Waals surface area (Å²) in [5.74, 6) is -0.666. The number of rotatable bonds is 10. The Balaban J connectivity index is 2.15. The maximum atomic E-state index is 11.8. The number of nitrogens with two attached hydrogens (primary N) is 1. The van der Waals surface area contributed by atoms with Crippen LogP contribution in [0.3, 0.4) is 0 Å². The molecule has 1 heterocycles. The van der Waals surface area contributed by atoms with Crippen molar-refractivity contribution in [1.82, 2.24) is 15.6 Å². The normalized spacial score (nSPS) is 10.0. The molecule has 0 atom stereocenters. The van der Waals surface area contributed by atoms with Crippen molar-refractivity contribution in [1.29, 1.82) is 0 Å². The molecule has 1 aromatic heterocycles. The molecular formula is C17H25N5O3. The molecule has 0 unspecified atom stereocenters. The Morgan fingerprint density at radius 1 is 1.12 bits per heavy atom. The molecule has 0 aliphatic rings. The Kier molecular flexibility index (Phi) is 8.87. The van der Waals surface area contributed by atoms with Gasteiger partial charge in [-0.15, -0.1) is 0 Å². The third-order valence-electron chi connectivity index (χ3n) is 3.25. The number of carbonyl (C=O) groups excluding carboxylic acids is 3. The summed E-state index contributed by atoms with van der Waals surface area (Å²) < 4.78 is 0. The van der Waals surface area contributed by atoms with Gasteiger partial charge < -0.3 is 21.7 Å². The van der Waals surface area contributed by atoms with Crippen LogP contribution in [0.15, 0.2) is 30.5 Å². The van der Waals surface area contributed by atoms with Gasteiger partial charge in [-0.25, -0.2) is 0 Å². The van der Waals surface area contributed by atoms with Gasteiger partial charge in [0.05, 0.1) is 17.6 Å². The molecule has 0 saturated heterocycles. The van der Waals surface area contributed by atoms with Crippen molar-refractivity contribution in [3.05, 3.63) is 36.2 Å². The molecule has 8 heteroatoms. The van der Waals surface area contributed by atoms with Crippen LogP contribution in [-0.4, -0.2) is 35.8 Å². The van der Waals surface area contributed by atoms with E-state index in [4.69, 9.17) is 5.73 Å². The van der Waals surface area contributed by atoms with Crippen LogP contribution in [0, 0.1) is 0 Å². The predicted molar refractivity (Wildman–Crippen MR) is 95.4 cm³/mol. The van der Waals surface area contributed by atoms with Crippen LogP contribution >= 0.6 is 0 Å². The summed E-state index contributed by atoms with van der Waals surface area (Å²) in [5.41, 5.74) is 7.20. The number of amides is 3. The minimum absolute atomic E-state index is 0.0802. The second-order valence-electron chi connectivity index (χ2n) is 5.53. The zero-order chi connectivity index (χ0) is 18.7. The van der Waals surface area contributed by atoms with Gasteiger partial charge in [-0.3, -0.25) is 19.4 Å². The molecule has 8 nitrogen and oxygen atoms in total. The maximum absolute atomic E-state index is 11.8. The molecule has 1 rings (SSSR count). The van der Waals surface area contributed by atoms with Crippen LogP contribution < -0.4 is 21.7 Å². The summed E-state index contributed by atoms with van der Waals surface area (Å²) in [4.78, 5) is 38.8. The molecule has 0 saturated carbocycles. The monoisotopic (exact) mass is 347 g/mol. The molecule has 0 bridgehead atoms. The topological polar surface area (TPSA) is 126 Å². The van der Waals surface area contributed by atoms with Gasteiger partial charge in [0.15, 0.2) is 0 Å². The summed E-state index contributed by atoms with van der Waals surface area (Å²) in [6, 6.07) is 3.45. The predicted octanol–water partition coefficient (Wildman–Crippen LogP) is 0.458. The van der Waals surface area contributed by atoms with E-state index in [1.807, 2.05) is 0 Å². The van der Waals surface area contributed by atoms with Gasteiger partial charge in [-0.05, 0) is 25.5 Å². The number of carbonyl (C=O) groups is 3. The molecular weight excluding hydrogens is 322 g/mol. The molecule has 0 spiro atoms. The molecule has 5 N–H and O–H groups in total. The molecule has 0 aliphatic carbocycles. The van der Waals surface area contributed by atoms with Gasteiger partial charge in [-0.1, -0.05) is 6.58 Å². The largest absolute Gasteiger partial charge is 0.356 e. The first-order valence-corrected chi connectivity index (χ1v) is 8.07. The number of nitrogens with zero attached hydrogens (tertiary/aromatic N) is 1. The van der Waals surface area contributed by atoms with Gasteiger partial charge in [0.2, 0.25) is 17.7 Å². The standard InChI is InChI=1S/C17H25N5O3/c1-12(2)17(25)20-9-3-8-19-15(23)6-7-16(24)22-14-5-4-13(10-18)21-11-14/h4-5,11H,1,3,6-10,18H2,2H3,(H,19,23)(H,20,25)(H,22,24). The lowest BCUT2D eigenvalue weighted by Gasteiger charge is -2.07. The van der Waals surface area contributed by atoms with E-state index < -0.39 is 0 Å². The van der Waals surface area contributed by atoms with Gasteiger partial charge in [-0.2, -0.15) is 0 Å². The Bertz CT molecular complexity index is 613. The van der Waals surface area contributed by atoms with E-state index in [2.05, 4.69) is 27.5 Å². The number of hydrogen-bond acceptors (Lipinski definition) is 5. The fourth-order valence-corrected chi connectivity index (χ4v) is 1.83. The Morgan fingerprint density at radius 2 is 1.80 bits per heavy atom. The van der Waals surface area contributed by atoms with E-state index in [0.717, 1.165) is 5.69 Å². The van der Waals surface area contributed by atoms with Gasteiger partial charge in [0.1, 0.15) is 0 Å². The minimum atomic E-state index is -0.258. The van der Waals surface area contributed by atoms with E-state index in [1.165, 1.54) is 6.20 Å². The molecule has 25 heavy (non-hydrogen) atoms. The lowest BCUT2D eigenvalue weighted by Crippen LogP contribution is -2.30. The smallest absolute Gasteiger partial charge is 0.246 e. The average Bonchev–Trinajstić information content (AvgIpc) is 2.60. The van der Waals surface area contributed by atoms with E-state index in [-0.39, 0.29) is 30.6 Å². The lowest BCUT2D eigenvalue weighted by molar-refractivity contribution is -0.124. The van der Waals surface area contributed by atoms with E-state index in [9.17, 15) is 14.4 Å². The van der Waals surface area contributed by atoms with Crippen molar-refractivity contribution < 1.29 is 14.4 Å². The van der Waals surface area contributed by atoms with Crippen LogP contribution in [0.25, 0.3) is 0 Å². The number of nitrogens with one attached hydrogen (secondary N) is 3. The first kappa shape index (κ1) is 20.3. The van der Waals surface area contributed by atoms with Crippen molar-refractivity contribution in [3.8, 4) is 0 Å². The minimum Gasteiger partial charge on any atom is -0.356 e. The van der Waals surface area contributed by atoms with Crippen molar-refractivity contribution in [2.24, 2.45) is 5.73 Å². The Labute approximate surface area is 147 Å². The highest BCUT2D eigenvalue weighted by molar-refractivity contribution is 5.93. The van der Waals surface area contributed by atoms with E-state index in [0.29, 0.717) is 37.3 Å². The van der Waals surface area contributed by atoms with Crippen molar-refractivity contribution >= 4 is 23.4 Å². The van der Waals surface area contributed by atoms with Crippen molar-refractivity contribution in [3.63, 3.8) is 0 Å². The van der Waals surface area contributed by atoms with Gasteiger partial charge in [0.25, 0.3) is 0 Å². The molecule has 0 aromatic carbocycles. The third-order valence-corrected chi connectivity index (χ3v) is 3.25. The second kappa shape index (κ2) is 10.9. The van der Waals surface area contributed by atoms with Crippen molar-refractivity contribution in [2.75, 3.05) is 18.4 Å². The SMILES string of the molecule is C=C(C)C(=O)NCCCNC(=O)CCC(=O)Nc1ccc(CN)nc1. The number of anilines is 1. The highest BCUT2D eigenvalue weighted by atomic mass is 16.2. The van der Waals surface area contributed by atoms with Crippen LogP contribution in [0.5, 0.6) is 0 Å². The zero-order valence-corrected chi connectivity index (χ0v) is 14.4.